The van der Waals surface area contributed by atoms with Crippen molar-refractivity contribution in [2.75, 3.05) is 5.73 Å². The number of hydrogen-bond acceptors (Lipinski definition) is 3. The van der Waals surface area contributed by atoms with Crippen molar-refractivity contribution < 1.29 is 0 Å². The normalized spacial score (nSPS) is 10.4. The molecule has 0 unspecified atom stereocenters. The Balaban J connectivity index is 1.99. The van der Waals surface area contributed by atoms with Crippen LogP contribution in [-0.4, -0.2) is 14.3 Å². The molecule has 0 atom stereocenters. The summed E-state index contributed by atoms with van der Waals surface area (Å²) in [7, 11) is 0. The van der Waals surface area contributed by atoms with Crippen LogP contribution in [0, 0.1) is 0 Å². The number of aromatic nitrogens is 3. The van der Waals surface area contributed by atoms with Crippen LogP contribution in [0.5, 0.6) is 0 Å². The summed E-state index contributed by atoms with van der Waals surface area (Å²) in [5.41, 5.74) is 6.22. The number of anilines is 1. The number of pyridine rings is 1. The summed E-state index contributed by atoms with van der Waals surface area (Å²) in [5, 5.41) is 4.06. The van der Waals surface area contributed by atoms with E-state index in [2.05, 4.69) is 5.10 Å². The lowest BCUT2D eigenvalue weighted by molar-refractivity contribution is 0.531. The molecule has 2 heterocycles. The second kappa shape index (κ2) is 4.00. The molecule has 0 bridgehead atoms. The Labute approximate surface area is 86.8 Å². The van der Waals surface area contributed by atoms with Gasteiger partial charge in [0, 0.05) is 37.3 Å². The van der Waals surface area contributed by atoms with Crippen LogP contribution in [0.3, 0.4) is 0 Å². The molecule has 0 aliphatic heterocycles. The van der Waals surface area contributed by atoms with E-state index in [4.69, 9.17) is 5.73 Å². The molecular weight excluding hydrogens is 192 g/mol. The average Bonchev–Trinajstić information content (AvgIpc) is 2.64. The van der Waals surface area contributed by atoms with Gasteiger partial charge in [-0.15, -0.1) is 0 Å². The molecule has 0 radical (unpaired) electrons. The van der Waals surface area contributed by atoms with Crippen molar-refractivity contribution in [3.63, 3.8) is 0 Å². The van der Waals surface area contributed by atoms with Crippen LogP contribution in [0.25, 0.3) is 0 Å². The van der Waals surface area contributed by atoms with Gasteiger partial charge < -0.3 is 10.3 Å². The van der Waals surface area contributed by atoms with E-state index in [1.165, 1.54) is 12.1 Å². The number of nitrogens with zero attached hydrogens (tertiary/aromatic N) is 3. The van der Waals surface area contributed by atoms with Crippen molar-refractivity contribution >= 4 is 5.69 Å². The first-order valence-corrected chi connectivity index (χ1v) is 4.68. The van der Waals surface area contributed by atoms with Gasteiger partial charge in [0.2, 0.25) is 0 Å². The van der Waals surface area contributed by atoms with Gasteiger partial charge in [0.1, 0.15) is 0 Å². The Bertz CT molecular complexity index is 480. The van der Waals surface area contributed by atoms with Gasteiger partial charge in [0.15, 0.2) is 5.43 Å². The second-order valence-electron chi connectivity index (χ2n) is 3.31. The Morgan fingerprint density at radius 1 is 1.27 bits per heavy atom. The van der Waals surface area contributed by atoms with Crippen LogP contribution in [0.15, 0.2) is 41.7 Å². The third kappa shape index (κ3) is 2.46. The standard InChI is InChI=1S/C10H12N4O/c11-9-7-12-14(8-9)6-5-13-3-1-10(15)2-4-13/h1-4,7-8H,5-6,11H2. The first kappa shape index (κ1) is 9.51. The minimum atomic E-state index is 0.0228. The topological polar surface area (TPSA) is 65.8 Å². The zero-order valence-electron chi connectivity index (χ0n) is 8.21. The highest BCUT2D eigenvalue weighted by molar-refractivity contribution is 5.30. The van der Waals surface area contributed by atoms with Crippen LogP contribution >= 0.6 is 0 Å². The predicted octanol–water partition coefficient (Wildman–Crippen LogP) is 0.327. The van der Waals surface area contributed by atoms with Crippen LogP contribution in [0.1, 0.15) is 0 Å². The van der Waals surface area contributed by atoms with Crippen LogP contribution < -0.4 is 11.2 Å². The van der Waals surface area contributed by atoms with Gasteiger partial charge in [-0.25, -0.2) is 0 Å². The summed E-state index contributed by atoms with van der Waals surface area (Å²) in [6, 6.07) is 3.08. The molecule has 5 nitrogen and oxygen atoms in total. The van der Waals surface area contributed by atoms with E-state index in [9.17, 15) is 4.79 Å². The van der Waals surface area contributed by atoms with E-state index < -0.39 is 0 Å². The number of hydrogen-bond donors (Lipinski definition) is 1. The van der Waals surface area contributed by atoms with Crippen molar-refractivity contribution in [2.45, 2.75) is 13.1 Å². The lowest BCUT2D eigenvalue weighted by atomic mass is 10.4. The highest BCUT2D eigenvalue weighted by Crippen LogP contribution is 1.98. The predicted molar refractivity (Wildman–Crippen MR) is 57.3 cm³/mol. The molecule has 0 spiro atoms. The summed E-state index contributed by atoms with van der Waals surface area (Å²) >= 11 is 0. The summed E-state index contributed by atoms with van der Waals surface area (Å²) in [4.78, 5) is 10.9. The van der Waals surface area contributed by atoms with Crippen LogP contribution in [0.2, 0.25) is 0 Å². The fraction of sp³-hybridized carbons (Fsp3) is 0.200. The quantitative estimate of drug-likeness (QED) is 0.783. The average molecular weight is 204 g/mol. The van der Waals surface area contributed by atoms with Gasteiger partial charge in [-0.1, -0.05) is 0 Å². The minimum absolute atomic E-state index is 0.0228. The van der Waals surface area contributed by atoms with Crippen LogP contribution in [-0.2, 0) is 13.1 Å². The molecule has 0 aliphatic carbocycles. The van der Waals surface area contributed by atoms with Crippen molar-refractivity contribution in [3.05, 3.63) is 47.1 Å². The molecule has 0 fully saturated rings. The number of aryl methyl sites for hydroxylation is 2. The SMILES string of the molecule is Nc1cnn(CCn2ccc(=O)cc2)c1. The van der Waals surface area contributed by atoms with Gasteiger partial charge in [-0.05, 0) is 0 Å². The highest BCUT2D eigenvalue weighted by atomic mass is 16.1. The fourth-order valence-electron chi connectivity index (χ4n) is 1.31. The van der Waals surface area contributed by atoms with E-state index >= 15 is 0 Å². The lowest BCUT2D eigenvalue weighted by Gasteiger charge is -2.05. The Hall–Kier alpha value is -2.04. The molecule has 2 aromatic heterocycles. The molecule has 0 amide bonds. The smallest absolute Gasteiger partial charge is 0.181 e. The van der Waals surface area contributed by atoms with E-state index in [0.717, 1.165) is 13.1 Å². The minimum Gasteiger partial charge on any atom is -0.396 e. The Kier molecular flexibility index (Phi) is 2.53. The molecule has 2 aromatic rings. The van der Waals surface area contributed by atoms with Gasteiger partial charge in [-0.2, -0.15) is 5.10 Å². The number of rotatable bonds is 3. The lowest BCUT2D eigenvalue weighted by Crippen LogP contribution is -2.09. The van der Waals surface area contributed by atoms with Gasteiger partial charge >= 0.3 is 0 Å². The molecule has 5 heteroatoms. The fourth-order valence-corrected chi connectivity index (χ4v) is 1.31. The maximum absolute atomic E-state index is 10.9. The molecule has 0 saturated carbocycles. The first-order valence-electron chi connectivity index (χ1n) is 4.68. The summed E-state index contributed by atoms with van der Waals surface area (Å²) in [5.74, 6) is 0. The van der Waals surface area contributed by atoms with E-state index in [1.807, 2.05) is 4.57 Å². The van der Waals surface area contributed by atoms with Gasteiger partial charge in [0.25, 0.3) is 0 Å². The summed E-state index contributed by atoms with van der Waals surface area (Å²) < 4.78 is 3.70. The van der Waals surface area contributed by atoms with E-state index in [-0.39, 0.29) is 5.43 Å². The zero-order chi connectivity index (χ0) is 10.7. The van der Waals surface area contributed by atoms with Crippen molar-refractivity contribution in [3.8, 4) is 0 Å². The maximum Gasteiger partial charge on any atom is 0.181 e. The second-order valence-corrected chi connectivity index (χ2v) is 3.31. The number of nitrogen functional groups attached to an aromatic ring is 1. The molecular formula is C10H12N4O. The van der Waals surface area contributed by atoms with E-state index in [0.29, 0.717) is 5.69 Å². The summed E-state index contributed by atoms with van der Waals surface area (Å²) in [6.07, 6.45) is 6.91. The Morgan fingerprint density at radius 2 is 2.00 bits per heavy atom. The van der Waals surface area contributed by atoms with Crippen molar-refractivity contribution in [2.24, 2.45) is 0 Å². The molecule has 15 heavy (non-hydrogen) atoms. The van der Waals surface area contributed by atoms with Gasteiger partial charge in [0.05, 0.1) is 18.4 Å². The molecule has 2 rings (SSSR count). The highest BCUT2D eigenvalue weighted by Gasteiger charge is 1.94. The molecule has 0 aliphatic rings. The molecule has 2 N–H and O–H groups in total. The maximum atomic E-state index is 10.9. The van der Waals surface area contributed by atoms with Crippen molar-refractivity contribution in [1.29, 1.82) is 0 Å². The molecule has 0 aromatic carbocycles. The summed E-state index contributed by atoms with van der Waals surface area (Å²) in [6.45, 7) is 1.50. The molecule has 0 saturated heterocycles. The third-order valence-electron chi connectivity index (χ3n) is 2.10. The van der Waals surface area contributed by atoms with Crippen molar-refractivity contribution in [1.82, 2.24) is 14.3 Å². The van der Waals surface area contributed by atoms with Crippen LogP contribution in [0.4, 0.5) is 5.69 Å². The Morgan fingerprint density at radius 3 is 2.60 bits per heavy atom. The largest absolute Gasteiger partial charge is 0.396 e. The zero-order valence-corrected chi connectivity index (χ0v) is 8.21. The number of nitrogens with two attached hydrogens (primary N) is 1. The van der Waals surface area contributed by atoms with E-state index in [1.54, 1.807) is 29.5 Å². The monoisotopic (exact) mass is 204 g/mol. The molecule has 78 valence electrons. The van der Waals surface area contributed by atoms with Gasteiger partial charge in [-0.3, -0.25) is 9.48 Å². The third-order valence-corrected chi connectivity index (χ3v) is 2.10. The first-order chi connectivity index (χ1) is 7.24.